The Balaban J connectivity index is 2.22. The number of hydrogen-bond donors (Lipinski definition) is 2. The van der Waals surface area contributed by atoms with E-state index in [1.807, 2.05) is 25.2 Å². The summed E-state index contributed by atoms with van der Waals surface area (Å²) in [5, 5.41) is 12.0. The van der Waals surface area contributed by atoms with Gasteiger partial charge in [-0.15, -0.1) is 0 Å². The number of oxime groups is 1. The standard InChI is InChI=1S/C13H18BrN3O2/c1-17(8-10-3-2-6-19-10)12-5-4-9(14)7-11(12)13(15)16-18/h4-5,7,10,18H,2-3,6,8H2,1H3,(H2,15,16). The van der Waals surface area contributed by atoms with E-state index in [9.17, 15) is 0 Å². The molecule has 0 amide bonds. The quantitative estimate of drug-likeness (QED) is 0.385. The number of benzene rings is 1. The molecule has 1 fully saturated rings. The summed E-state index contributed by atoms with van der Waals surface area (Å²) >= 11 is 3.40. The van der Waals surface area contributed by atoms with Gasteiger partial charge in [-0.25, -0.2) is 0 Å². The van der Waals surface area contributed by atoms with Gasteiger partial charge in [0.15, 0.2) is 5.84 Å². The van der Waals surface area contributed by atoms with Gasteiger partial charge >= 0.3 is 0 Å². The molecule has 19 heavy (non-hydrogen) atoms. The largest absolute Gasteiger partial charge is 0.409 e. The van der Waals surface area contributed by atoms with Gasteiger partial charge in [0, 0.05) is 35.9 Å². The summed E-state index contributed by atoms with van der Waals surface area (Å²) in [4.78, 5) is 2.08. The van der Waals surface area contributed by atoms with Crippen LogP contribution in [0.4, 0.5) is 5.69 Å². The molecule has 0 saturated carbocycles. The van der Waals surface area contributed by atoms with Crippen molar-refractivity contribution in [2.75, 3.05) is 25.1 Å². The van der Waals surface area contributed by atoms with Crippen LogP contribution in [0.1, 0.15) is 18.4 Å². The average molecular weight is 328 g/mol. The number of ether oxygens (including phenoxy) is 1. The molecule has 1 aromatic rings. The first-order valence-corrected chi connectivity index (χ1v) is 7.01. The van der Waals surface area contributed by atoms with Crippen LogP contribution >= 0.6 is 15.9 Å². The van der Waals surface area contributed by atoms with Crippen molar-refractivity contribution in [2.24, 2.45) is 10.9 Å². The maximum atomic E-state index is 8.87. The van der Waals surface area contributed by atoms with Crippen molar-refractivity contribution in [3.05, 3.63) is 28.2 Å². The normalized spacial score (nSPS) is 19.7. The molecule has 5 nitrogen and oxygen atoms in total. The molecular weight excluding hydrogens is 310 g/mol. The van der Waals surface area contributed by atoms with Gasteiger partial charge in [-0.1, -0.05) is 21.1 Å². The lowest BCUT2D eigenvalue weighted by Crippen LogP contribution is -2.30. The molecule has 6 heteroatoms. The fourth-order valence-electron chi connectivity index (χ4n) is 2.29. The fraction of sp³-hybridized carbons (Fsp3) is 0.462. The fourth-order valence-corrected chi connectivity index (χ4v) is 2.65. The van der Waals surface area contributed by atoms with Crippen molar-refractivity contribution >= 4 is 27.5 Å². The molecule has 1 atom stereocenters. The predicted molar refractivity (Wildman–Crippen MR) is 78.9 cm³/mol. The Bertz CT molecular complexity index is 473. The highest BCUT2D eigenvalue weighted by molar-refractivity contribution is 9.10. The van der Waals surface area contributed by atoms with Crippen LogP contribution in [-0.2, 0) is 4.74 Å². The van der Waals surface area contributed by atoms with E-state index in [4.69, 9.17) is 15.7 Å². The van der Waals surface area contributed by atoms with Crippen LogP contribution < -0.4 is 10.6 Å². The first-order valence-electron chi connectivity index (χ1n) is 6.22. The molecule has 0 bridgehead atoms. The van der Waals surface area contributed by atoms with Gasteiger partial charge in [0.25, 0.3) is 0 Å². The number of likely N-dealkylation sites (N-methyl/N-ethyl adjacent to an activating group) is 1. The summed E-state index contributed by atoms with van der Waals surface area (Å²) in [6.07, 6.45) is 2.46. The van der Waals surface area contributed by atoms with Crippen molar-refractivity contribution in [2.45, 2.75) is 18.9 Å². The Kier molecular flexibility index (Phi) is 4.66. The Labute approximate surface area is 121 Å². The predicted octanol–water partition coefficient (Wildman–Crippen LogP) is 2.16. The van der Waals surface area contributed by atoms with E-state index in [0.717, 1.165) is 36.2 Å². The van der Waals surface area contributed by atoms with E-state index in [-0.39, 0.29) is 11.9 Å². The van der Waals surface area contributed by atoms with Crippen LogP contribution in [0.25, 0.3) is 0 Å². The second-order valence-electron chi connectivity index (χ2n) is 4.66. The molecule has 2 rings (SSSR count). The minimum atomic E-state index is 0.107. The van der Waals surface area contributed by atoms with Gasteiger partial charge in [0.2, 0.25) is 0 Å². The van der Waals surface area contributed by atoms with Gasteiger partial charge in [-0.3, -0.25) is 0 Å². The Morgan fingerprint density at radius 3 is 3.05 bits per heavy atom. The Morgan fingerprint density at radius 2 is 2.42 bits per heavy atom. The molecule has 0 spiro atoms. The molecule has 1 heterocycles. The highest BCUT2D eigenvalue weighted by Crippen LogP contribution is 2.25. The summed E-state index contributed by atoms with van der Waals surface area (Å²) in [5.74, 6) is 0.107. The van der Waals surface area contributed by atoms with E-state index >= 15 is 0 Å². The number of nitrogens with zero attached hydrogens (tertiary/aromatic N) is 2. The van der Waals surface area contributed by atoms with E-state index in [2.05, 4.69) is 26.0 Å². The van der Waals surface area contributed by atoms with Crippen LogP contribution in [0.2, 0.25) is 0 Å². The van der Waals surface area contributed by atoms with Crippen LogP contribution in [0.15, 0.2) is 27.8 Å². The number of nitrogens with two attached hydrogens (primary N) is 1. The van der Waals surface area contributed by atoms with Crippen LogP contribution in [0.3, 0.4) is 0 Å². The van der Waals surface area contributed by atoms with E-state index in [1.54, 1.807) is 0 Å². The maximum Gasteiger partial charge on any atom is 0.172 e. The summed E-state index contributed by atoms with van der Waals surface area (Å²) in [7, 11) is 1.99. The zero-order chi connectivity index (χ0) is 13.8. The molecule has 0 aliphatic carbocycles. The van der Waals surface area contributed by atoms with Gasteiger partial charge in [-0.2, -0.15) is 0 Å². The second-order valence-corrected chi connectivity index (χ2v) is 5.58. The third kappa shape index (κ3) is 3.39. The molecule has 0 radical (unpaired) electrons. The molecule has 1 aliphatic heterocycles. The number of halogens is 1. The van der Waals surface area contributed by atoms with E-state index in [1.165, 1.54) is 0 Å². The molecule has 3 N–H and O–H groups in total. The lowest BCUT2D eigenvalue weighted by atomic mass is 10.1. The van der Waals surface area contributed by atoms with Crippen molar-refractivity contribution < 1.29 is 9.94 Å². The SMILES string of the molecule is CN(CC1CCCO1)c1ccc(Br)cc1/C(N)=N/O. The topological polar surface area (TPSA) is 71.1 Å². The summed E-state index contributed by atoms with van der Waals surface area (Å²) in [5.41, 5.74) is 7.36. The highest BCUT2D eigenvalue weighted by Gasteiger charge is 2.19. The minimum absolute atomic E-state index is 0.107. The van der Waals surface area contributed by atoms with Gasteiger partial charge in [-0.05, 0) is 31.0 Å². The molecule has 1 unspecified atom stereocenters. The molecule has 0 aromatic heterocycles. The highest BCUT2D eigenvalue weighted by atomic mass is 79.9. The summed E-state index contributed by atoms with van der Waals surface area (Å²) < 4.78 is 6.53. The molecule has 1 aromatic carbocycles. The van der Waals surface area contributed by atoms with Crippen LogP contribution in [0.5, 0.6) is 0 Å². The van der Waals surface area contributed by atoms with Crippen LogP contribution in [0, 0.1) is 0 Å². The number of amidine groups is 1. The lowest BCUT2D eigenvalue weighted by molar-refractivity contribution is 0.116. The third-order valence-electron chi connectivity index (χ3n) is 3.26. The molecule has 104 valence electrons. The number of rotatable bonds is 4. The van der Waals surface area contributed by atoms with Crippen molar-refractivity contribution in [1.29, 1.82) is 0 Å². The van der Waals surface area contributed by atoms with Crippen molar-refractivity contribution in [3.8, 4) is 0 Å². The van der Waals surface area contributed by atoms with Crippen molar-refractivity contribution in [3.63, 3.8) is 0 Å². The Morgan fingerprint density at radius 1 is 1.63 bits per heavy atom. The minimum Gasteiger partial charge on any atom is -0.409 e. The average Bonchev–Trinajstić information content (AvgIpc) is 2.90. The van der Waals surface area contributed by atoms with Crippen molar-refractivity contribution in [1.82, 2.24) is 0 Å². The maximum absolute atomic E-state index is 8.87. The number of hydrogen-bond acceptors (Lipinski definition) is 4. The van der Waals surface area contributed by atoms with Gasteiger partial charge < -0.3 is 20.6 Å². The Hall–Kier alpha value is -1.27. The molecular formula is C13H18BrN3O2. The first kappa shape index (κ1) is 14.1. The monoisotopic (exact) mass is 327 g/mol. The summed E-state index contributed by atoms with van der Waals surface area (Å²) in [6.45, 7) is 1.64. The summed E-state index contributed by atoms with van der Waals surface area (Å²) in [6, 6.07) is 5.73. The second kappa shape index (κ2) is 6.25. The van der Waals surface area contributed by atoms with Gasteiger partial charge in [0.1, 0.15) is 0 Å². The smallest absolute Gasteiger partial charge is 0.172 e. The number of anilines is 1. The lowest BCUT2D eigenvalue weighted by Gasteiger charge is -2.25. The van der Waals surface area contributed by atoms with Gasteiger partial charge in [0.05, 0.1) is 6.10 Å². The zero-order valence-corrected chi connectivity index (χ0v) is 12.4. The third-order valence-corrected chi connectivity index (χ3v) is 3.75. The molecule has 1 aliphatic rings. The molecule has 1 saturated heterocycles. The van der Waals surface area contributed by atoms with E-state index < -0.39 is 0 Å². The van der Waals surface area contributed by atoms with Crippen LogP contribution in [-0.4, -0.2) is 37.3 Å². The first-order chi connectivity index (χ1) is 9.11. The zero-order valence-electron chi connectivity index (χ0n) is 10.8. The van der Waals surface area contributed by atoms with E-state index in [0.29, 0.717) is 5.56 Å².